The highest BCUT2D eigenvalue weighted by molar-refractivity contribution is 6.42. The van der Waals surface area contributed by atoms with Gasteiger partial charge in [0.2, 0.25) is 5.91 Å². The van der Waals surface area contributed by atoms with Gasteiger partial charge < -0.3 is 24.9 Å². The van der Waals surface area contributed by atoms with Crippen molar-refractivity contribution in [2.24, 2.45) is 0 Å². The van der Waals surface area contributed by atoms with Crippen LogP contribution in [-0.2, 0) is 4.79 Å². The van der Waals surface area contributed by atoms with Crippen molar-refractivity contribution in [2.75, 3.05) is 32.7 Å². The van der Waals surface area contributed by atoms with E-state index in [1.54, 1.807) is 20.8 Å². The summed E-state index contributed by atoms with van der Waals surface area (Å²) in [5.74, 6) is -0.172. The fourth-order valence-electron chi connectivity index (χ4n) is 4.38. The molecule has 9 heteroatoms. The maximum atomic E-state index is 12.7. The van der Waals surface area contributed by atoms with E-state index in [0.29, 0.717) is 54.6 Å². The van der Waals surface area contributed by atoms with Crippen molar-refractivity contribution in [1.82, 2.24) is 14.7 Å². The molecule has 0 spiro atoms. The van der Waals surface area contributed by atoms with Gasteiger partial charge in [-0.2, -0.15) is 0 Å². The molecule has 3 aliphatic heterocycles. The van der Waals surface area contributed by atoms with Crippen molar-refractivity contribution >= 4 is 35.1 Å². The highest BCUT2D eigenvalue weighted by Crippen LogP contribution is 2.43. The Hall–Kier alpha value is -1.70. The summed E-state index contributed by atoms with van der Waals surface area (Å²) in [6.45, 7) is 1.73. The number of phenolic OH excluding ortho intramolecular Hbond substituents is 1. The summed E-state index contributed by atoms with van der Waals surface area (Å²) in [6, 6.07) is 2.73. The number of carbonyl (C=O) groups excluding carboxylic acids is 2. The third-order valence-corrected chi connectivity index (χ3v) is 6.53. The average Bonchev–Trinajstić information content (AvgIpc) is 3.24. The topological polar surface area (TPSA) is 84.3 Å². The predicted molar refractivity (Wildman–Crippen MR) is 100 cm³/mol. The lowest BCUT2D eigenvalue weighted by molar-refractivity contribution is -0.136. The van der Waals surface area contributed by atoms with E-state index in [2.05, 4.69) is 0 Å². The first-order valence-electron chi connectivity index (χ1n) is 9.03. The van der Waals surface area contributed by atoms with Crippen LogP contribution in [0.2, 0.25) is 10.0 Å². The normalized spacial score (nSPS) is 28.0. The fourth-order valence-corrected chi connectivity index (χ4v) is 4.86. The molecule has 2 N–H and O–H groups in total. The molecule has 146 valence electrons. The highest BCUT2D eigenvalue weighted by Gasteiger charge is 2.44. The standard InChI is InChI=1S/C18H21Cl2N3O4/c19-13-1-2-14(25)16(17(13)20)10-5-11-7-22(9-15(26)23(11)6-10)18(27)21-4-3-12(24)8-21/h1-2,10-12,24-25H,3-9H2/t10-,11-,12-/m0/s1. The van der Waals surface area contributed by atoms with Crippen molar-refractivity contribution in [3.8, 4) is 5.75 Å². The second kappa shape index (κ2) is 7.04. The Morgan fingerprint density at radius 2 is 1.93 bits per heavy atom. The predicted octanol–water partition coefficient (Wildman–Crippen LogP) is 1.89. The Morgan fingerprint density at radius 3 is 2.63 bits per heavy atom. The molecular formula is C18H21Cl2N3O4. The van der Waals surface area contributed by atoms with E-state index in [9.17, 15) is 19.8 Å². The zero-order valence-corrected chi connectivity index (χ0v) is 16.2. The van der Waals surface area contributed by atoms with Gasteiger partial charge in [0.25, 0.3) is 0 Å². The van der Waals surface area contributed by atoms with E-state index in [1.165, 1.54) is 6.07 Å². The molecule has 3 amide bonds. The number of aliphatic hydroxyl groups is 1. The minimum absolute atomic E-state index is 0.0317. The fraction of sp³-hybridized carbons (Fsp3) is 0.556. The number of nitrogens with zero attached hydrogens (tertiary/aromatic N) is 3. The van der Waals surface area contributed by atoms with Crippen molar-refractivity contribution in [3.05, 3.63) is 27.7 Å². The lowest BCUT2D eigenvalue weighted by atomic mass is 9.95. The van der Waals surface area contributed by atoms with Gasteiger partial charge in [0, 0.05) is 37.7 Å². The number of rotatable bonds is 1. The number of hydrogen-bond acceptors (Lipinski definition) is 4. The van der Waals surface area contributed by atoms with Crippen molar-refractivity contribution in [1.29, 1.82) is 0 Å². The molecule has 4 rings (SSSR count). The number of fused-ring (bicyclic) bond motifs is 1. The van der Waals surface area contributed by atoms with Gasteiger partial charge in [0.05, 0.1) is 22.2 Å². The van der Waals surface area contributed by atoms with E-state index in [0.717, 1.165) is 0 Å². The van der Waals surface area contributed by atoms with E-state index < -0.39 is 6.10 Å². The van der Waals surface area contributed by atoms with Crippen molar-refractivity contribution in [3.63, 3.8) is 0 Å². The molecule has 1 aromatic carbocycles. The number of hydrogen-bond donors (Lipinski definition) is 2. The molecule has 3 atom stereocenters. The van der Waals surface area contributed by atoms with Gasteiger partial charge in [0.15, 0.2) is 0 Å². The number of phenols is 1. The molecule has 0 bridgehead atoms. The van der Waals surface area contributed by atoms with Crippen molar-refractivity contribution < 1.29 is 19.8 Å². The maximum Gasteiger partial charge on any atom is 0.320 e. The van der Waals surface area contributed by atoms with Crippen LogP contribution in [0.15, 0.2) is 12.1 Å². The Labute approximate surface area is 167 Å². The van der Waals surface area contributed by atoms with Crippen LogP contribution in [0.25, 0.3) is 0 Å². The van der Waals surface area contributed by atoms with E-state index in [1.807, 2.05) is 0 Å². The lowest BCUT2D eigenvalue weighted by Crippen LogP contribution is -2.57. The van der Waals surface area contributed by atoms with Gasteiger partial charge >= 0.3 is 6.03 Å². The summed E-state index contributed by atoms with van der Waals surface area (Å²) in [5, 5.41) is 20.6. The third-order valence-electron chi connectivity index (χ3n) is 5.71. The molecule has 1 aromatic rings. The van der Waals surface area contributed by atoms with Crippen LogP contribution in [0.1, 0.15) is 24.3 Å². The quantitative estimate of drug-likeness (QED) is 0.735. The molecule has 0 saturated carbocycles. The molecule has 3 aliphatic rings. The third kappa shape index (κ3) is 3.32. The molecule has 7 nitrogen and oxygen atoms in total. The van der Waals surface area contributed by atoms with Gasteiger partial charge in [0.1, 0.15) is 12.3 Å². The number of urea groups is 1. The number of aliphatic hydroxyl groups excluding tert-OH is 1. The Bertz CT molecular complexity index is 790. The number of halogens is 2. The van der Waals surface area contributed by atoms with Gasteiger partial charge in [-0.05, 0) is 25.0 Å². The van der Waals surface area contributed by atoms with Gasteiger partial charge in [-0.15, -0.1) is 0 Å². The maximum absolute atomic E-state index is 12.7. The Balaban J connectivity index is 1.51. The average molecular weight is 414 g/mol. The molecule has 3 fully saturated rings. The molecule has 0 radical (unpaired) electrons. The van der Waals surface area contributed by atoms with E-state index in [4.69, 9.17) is 23.2 Å². The second-order valence-corrected chi connectivity index (χ2v) is 8.26. The van der Waals surface area contributed by atoms with Crippen LogP contribution in [-0.4, -0.2) is 81.7 Å². The highest BCUT2D eigenvalue weighted by atomic mass is 35.5. The second-order valence-electron chi connectivity index (χ2n) is 7.48. The van der Waals surface area contributed by atoms with Crippen LogP contribution in [0.4, 0.5) is 4.79 Å². The molecule has 3 saturated heterocycles. The number of piperazine rings is 1. The van der Waals surface area contributed by atoms with Gasteiger partial charge in [-0.25, -0.2) is 4.79 Å². The van der Waals surface area contributed by atoms with Gasteiger partial charge in [-0.1, -0.05) is 23.2 Å². The summed E-state index contributed by atoms with van der Waals surface area (Å²) in [6.07, 6.45) is 0.679. The van der Waals surface area contributed by atoms with Crippen LogP contribution >= 0.6 is 23.2 Å². The molecule has 0 aliphatic carbocycles. The molecule has 3 heterocycles. The summed E-state index contributed by atoms with van der Waals surface area (Å²) in [7, 11) is 0. The number of carbonyl (C=O) groups is 2. The van der Waals surface area contributed by atoms with E-state index in [-0.39, 0.29) is 36.2 Å². The van der Waals surface area contributed by atoms with Crippen molar-refractivity contribution in [2.45, 2.75) is 30.9 Å². The zero-order chi connectivity index (χ0) is 19.3. The summed E-state index contributed by atoms with van der Waals surface area (Å²) >= 11 is 12.4. The first-order chi connectivity index (χ1) is 12.8. The molecule has 27 heavy (non-hydrogen) atoms. The largest absolute Gasteiger partial charge is 0.508 e. The first-order valence-corrected chi connectivity index (χ1v) is 9.79. The monoisotopic (exact) mass is 413 g/mol. The van der Waals surface area contributed by atoms with Crippen LogP contribution in [0.5, 0.6) is 5.75 Å². The Kier molecular flexibility index (Phi) is 4.86. The number of likely N-dealkylation sites (tertiary alicyclic amines) is 1. The number of β-amino-alcohol motifs (C(OH)–C–C–N with tert-alkyl or cyclic N) is 1. The lowest BCUT2D eigenvalue weighted by Gasteiger charge is -2.38. The van der Waals surface area contributed by atoms with Crippen LogP contribution in [0, 0.1) is 0 Å². The molecule has 0 aromatic heterocycles. The van der Waals surface area contributed by atoms with E-state index >= 15 is 0 Å². The summed E-state index contributed by atoms with van der Waals surface area (Å²) in [4.78, 5) is 30.2. The molecular weight excluding hydrogens is 393 g/mol. The Morgan fingerprint density at radius 1 is 1.15 bits per heavy atom. The number of amides is 3. The minimum Gasteiger partial charge on any atom is -0.508 e. The smallest absolute Gasteiger partial charge is 0.320 e. The zero-order valence-electron chi connectivity index (χ0n) is 14.6. The summed E-state index contributed by atoms with van der Waals surface area (Å²) < 4.78 is 0. The van der Waals surface area contributed by atoms with Crippen LogP contribution < -0.4 is 0 Å². The van der Waals surface area contributed by atoms with Gasteiger partial charge in [-0.3, -0.25) is 4.79 Å². The number of aromatic hydroxyl groups is 1. The first kappa shape index (κ1) is 18.7. The SMILES string of the molecule is O=C(N1CC[C@H](O)C1)N1CC(=O)N2C[C@@H](c3c(O)ccc(Cl)c3Cl)C[C@H]2C1. The minimum atomic E-state index is -0.491. The number of benzene rings is 1. The summed E-state index contributed by atoms with van der Waals surface area (Å²) in [5.41, 5.74) is 0.562. The molecule has 0 unspecified atom stereocenters. The van der Waals surface area contributed by atoms with Crippen LogP contribution in [0.3, 0.4) is 0 Å².